The number of nitrogens with two attached hydrogens (primary N) is 1. The zero-order valence-corrected chi connectivity index (χ0v) is 11.9. The van der Waals surface area contributed by atoms with Gasteiger partial charge in [0, 0.05) is 30.3 Å². The van der Waals surface area contributed by atoms with Crippen LogP contribution in [0.1, 0.15) is 13.3 Å². The molecule has 0 saturated carbocycles. The summed E-state index contributed by atoms with van der Waals surface area (Å²) in [7, 11) is -3.05. The van der Waals surface area contributed by atoms with Gasteiger partial charge in [0.15, 0.2) is 0 Å². The van der Waals surface area contributed by atoms with Crippen molar-refractivity contribution < 1.29 is 13.2 Å². The van der Waals surface area contributed by atoms with Crippen LogP contribution in [0.2, 0.25) is 0 Å². The smallest absolute Gasteiger partial charge is 0.239 e. The van der Waals surface area contributed by atoms with Gasteiger partial charge >= 0.3 is 0 Å². The first-order chi connectivity index (χ1) is 7.81. The van der Waals surface area contributed by atoms with Crippen molar-refractivity contribution in [2.45, 2.75) is 25.4 Å². The van der Waals surface area contributed by atoms with Crippen molar-refractivity contribution in [2.75, 3.05) is 30.1 Å². The molecule has 1 aliphatic rings. The minimum absolute atomic E-state index is 0.0309. The highest BCUT2D eigenvalue weighted by atomic mass is 32.2. The Balaban J connectivity index is 2.50. The molecule has 0 aromatic heterocycles. The van der Waals surface area contributed by atoms with Gasteiger partial charge in [0.2, 0.25) is 5.91 Å². The average molecular weight is 280 g/mol. The molecule has 17 heavy (non-hydrogen) atoms. The molecule has 0 bridgehead atoms. The second kappa shape index (κ2) is 6.06. The lowest BCUT2D eigenvalue weighted by molar-refractivity contribution is -0.134. The van der Waals surface area contributed by atoms with Gasteiger partial charge in [-0.05, 0) is 13.3 Å². The largest absolute Gasteiger partial charge is 0.337 e. The van der Waals surface area contributed by atoms with Gasteiger partial charge in [-0.1, -0.05) is 0 Å². The van der Waals surface area contributed by atoms with Crippen molar-refractivity contribution in [3.05, 3.63) is 0 Å². The molecule has 1 aliphatic heterocycles. The molecule has 1 fully saturated rings. The maximum Gasteiger partial charge on any atom is 0.239 e. The van der Waals surface area contributed by atoms with Crippen LogP contribution in [0.3, 0.4) is 0 Å². The van der Waals surface area contributed by atoms with Crippen LogP contribution in [-0.2, 0) is 14.6 Å². The lowest BCUT2D eigenvalue weighted by atomic mass is 10.2. The van der Waals surface area contributed by atoms with Crippen LogP contribution in [0.15, 0.2) is 0 Å². The van der Waals surface area contributed by atoms with Crippen LogP contribution < -0.4 is 5.73 Å². The summed E-state index contributed by atoms with van der Waals surface area (Å²) in [5, 5.41) is 0. The van der Waals surface area contributed by atoms with Crippen LogP contribution in [0.25, 0.3) is 0 Å². The molecular formula is C10H20N2O3S2. The van der Waals surface area contributed by atoms with E-state index < -0.39 is 15.9 Å². The number of hydrogen-bond donors (Lipinski definition) is 1. The van der Waals surface area contributed by atoms with E-state index >= 15 is 0 Å². The zero-order valence-electron chi connectivity index (χ0n) is 10.3. The molecule has 2 unspecified atom stereocenters. The lowest BCUT2D eigenvalue weighted by Crippen LogP contribution is -2.51. The quantitative estimate of drug-likeness (QED) is 0.765. The Morgan fingerprint density at radius 3 is 2.76 bits per heavy atom. The maximum absolute atomic E-state index is 12.0. The van der Waals surface area contributed by atoms with Crippen LogP contribution in [0.5, 0.6) is 0 Å². The Morgan fingerprint density at radius 1 is 1.59 bits per heavy atom. The van der Waals surface area contributed by atoms with E-state index in [2.05, 4.69) is 0 Å². The summed E-state index contributed by atoms with van der Waals surface area (Å²) in [6.45, 7) is 2.70. The highest BCUT2D eigenvalue weighted by molar-refractivity contribution is 7.99. The molecule has 0 aromatic rings. The normalized spacial score (nSPS) is 23.5. The first-order valence-corrected chi connectivity index (χ1v) is 8.84. The summed E-state index contributed by atoms with van der Waals surface area (Å²) in [4.78, 5) is 13.8. The summed E-state index contributed by atoms with van der Waals surface area (Å²) in [5.74, 6) is 1.69. The molecule has 0 radical (unpaired) electrons. The third kappa shape index (κ3) is 4.85. The lowest BCUT2D eigenvalue weighted by Gasteiger charge is -2.34. The van der Waals surface area contributed by atoms with E-state index in [1.165, 1.54) is 0 Å². The Bertz CT molecular complexity index is 370. The molecule has 1 saturated heterocycles. The monoisotopic (exact) mass is 280 g/mol. The van der Waals surface area contributed by atoms with E-state index in [1.807, 2.05) is 18.7 Å². The zero-order chi connectivity index (χ0) is 13.1. The topological polar surface area (TPSA) is 80.5 Å². The average Bonchev–Trinajstić information content (AvgIpc) is 2.24. The first-order valence-electron chi connectivity index (χ1n) is 5.63. The molecular weight excluding hydrogens is 260 g/mol. The molecule has 1 heterocycles. The Labute approximate surface area is 107 Å². The fourth-order valence-corrected chi connectivity index (χ4v) is 3.43. The number of amides is 1. The molecule has 2 atom stereocenters. The number of nitrogens with zero attached hydrogens (tertiary/aromatic N) is 1. The predicted molar refractivity (Wildman–Crippen MR) is 70.8 cm³/mol. The minimum Gasteiger partial charge on any atom is -0.337 e. The number of hydrogen-bond acceptors (Lipinski definition) is 5. The molecule has 1 amide bonds. The molecule has 1 rings (SSSR count). The third-order valence-electron chi connectivity index (χ3n) is 2.77. The van der Waals surface area contributed by atoms with E-state index in [1.54, 1.807) is 4.90 Å². The molecule has 0 spiro atoms. The summed E-state index contributed by atoms with van der Waals surface area (Å²) in [6.07, 6.45) is 1.36. The van der Waals surface area contributed by atoms with Gasteiger partial charge in [-0.15, -0.1) is 0 Å². The Hall–Kier alpha value is -0.270. The summed E-state index contributed by atoms with van der Waals surface area (Å²) in [6, 6.07) is -0.513. The predicted octanol–water partition coefficient (Wildman–Crippen LogP) is -0.288. The van der Waals surface area contributed by atoms with Crippen LogP contribution in [0, 0.1) is 0 Å². The second-order valence-electron chi connectivity index (χ2n) is 4.48. The summed E-state index contributed by atoms with van der Waals surface area (Å²) in [5.41, 5.74) is 5.76. The molecule has 100 valence electrons. The van der Waals surface area contributed by atoms with Gasteiger partial charge in [-0.25, -0.2) is 8.42 Å². The van der Waals surface area contributed by atoms with E-state index in [0.29, 0.717) is 6.54 Å². The van der Waals surface area contributed by atoms with Crippen molar-refractivity contribution in [1.82, 2.24) is 4.90 Å². The van der Waals surface area contributed by atoms with Gasteiger partial charge in [0.05, 0.1) is 11.8 Å². The van der Waals surface area contributed by atoms with Gasteiger partial charge in [0.1, 0.15) is 9.84 Å². The molecule has 2 N–H and O–H groups in total. The Morgan fingerprint density at radius 2 is 2.24 bits per heavy atom. The summed E-state index contributed by atoms with van der Waals surface area (Å²) < 4.78 is 22.0. The number of rotatable bonds is 4. The van der Waals surface area contributed by atoms with E-state index in [-0.39, 0.29) is 24.1 Å². The van der Waals surface area contributed by atoms with Gasteiger partial charge in [-0.2, -0.15) is 11.8 Å². The fourth-order valence-electron chi connectivity index (χ4n) is 1.73. The van der Waals surface area contributed by atoms with E-state index in [9.17, 15) is 13.2 Å². The minimum atomic E-state index is -3.05. The summed E-state index contributed by atoms with van der Waals surface area (Å²) >= 11 is 1.82. The maximum atomic E-state index is 12.0. The number of carbonyl (C=O) groups is 1. The molecule has 5 nitrogen and oxygen atoms in total. The third-order valence-corrected chi connectivity index (χ3v) is 4.93. The van der Waals surface area contributed by atoms with Crippen molar-refractivity contribution in [1.29, 1.82) is 0 Å². The van der Waals surface area contributed by atoms with Crippen molar-refractivity contribution in [2.24, 2.45) is 5.73 Å². The van der Waals surface area contributed by atoms with Crippen LogP contribution in [0.4, 0.5) is 0 Å². The van der Waals surface area contributed by atoms with Gasteiger partial charge < -0.3 is 10.6 Å². The molecule has 7 heteroatoms. The first kappa shape index (κ1) is 14.8. The van der Waals surface area contributed by atoms with Gasteiger partial charge in [0.25, 0.3) is 0 Å². The highest BCUT2D eigenvalue weighted by Crippen LogP contribution is 2.17. The Kier molecular flexibility index (Phi) is 5.27. The number of carbonyl (C=O) groups excluding carboxylic acids is 1. The number of thioether (sulfide) groups is 1. The van der Waals surface area contributed by atoms with Crippen molar-refractivity contribution in [3.63, 3.8) is 0 Å². The molecule has 0 aromatic carbocycles. The van der Waals surface area contributed by atoms with Gasteiger partial charge in [-0.3, -0.25) is 4.79 Å². The van der Waals surface area contributed by atoms with Crippen molar-refractivity contribution in [3.8, 4) is 0 Å². The fraction of sp³-hybridized carbons (Fsp3) is 0.900. The number of sulfone groups is 1. The SMILES string of the molecule is CC1CSCCN1C(=O)C(N)CCS(C)(=O)=O. The second-order valence-corrected chi connectivity index (χ2v) is 7.89. The standard InChI is InChI=1S/C10H20N2O3S2/c1-8-7-16-5-4-12(8)10(13)9(11)3-6-17(2,14)15/h8-9H,3-7,11H2,1-2H3. The molecule has 0 aliphatic carbocycles. The van der Waals surface area contributed by atoms with E-state index in [0.717, 1.165) is 17.8 Å². The van der Waals surface area contributed by atoms with E-state index in [4.69, 9.17) is 5.73 Å². The highest BCUT2D eigenvalue weighted by Gasteiger charge is 2.27. The van der Waals surface area contributed by atoms with Crippen molar-refractivity contribution >= 4 is 27.5 Å². The van der Waals surface area contributed by atoms with Crippen LogP contribution in [-0.4, -0.2) is 61.4 Å². The van der Waals surface area contributed by atoms with Crippen LogP contribution >= 0.6 is 11.8 Å².